The van der Waals surface area contributed by atoms with Crippen LogP contribution in [0.3, 0.4) is 0 Å². The van der Waals surface area contributed by atoms with Crippen molar-refractivity contribution < 1.29 is 14.2 Å². The van der Waals surface area contributed by atoms with E-state index in [9.17, 15) is 0 Å². The van der Waals surface area contributed by atoms with E-state index in [0.717, 1.165) is 16.2 Å². The Morgan fingerprint density at radius 3 is 2.41 bits per heavy atom. The molecule has 0 fully saturated rings. The molecule has 0 aliphatic rings. The van der Waals surface area contributed by atoms with Crippen LogP contribution in [0.25, 0.3) is 10.4 Å². The molecule has 0 bridgehead atoms. The summed E-state index contributed by atoms with van der Waals surface area (Å²) in [5.41, 5.74) is 0.922. The first-order chi connectivity index (χ1) is 8.30. The van der Waals surface area contributed by atoms with Crippen LogP contribution >= 0.6 is 11.5 Å². The first-order valence-electron chi connectivity index (χ1n) is 5.01. The summed E-state index contributed by atoms with van der Waals surface area (Å²) in [7, 11) is 4.85. The number of nitrogens with zero attached hydrogens (tertiary/aromatic N) is 1. The maximum atomic E-state index is 5.39. The Morgan fingerprint density at radius 1 is 1.06 bits per heavy atom. The third kappa shape index (κ3) is 2.19. The second-order valence-electron chi connectivity index (χ2n) is 3.29. The van der Waals surface area contributed by atoms with Crippen molar-refractivity contribution in [1.82, 2.24) is 4.37 Å². The van der Waals surface area contributed by atoms with E-state index >= 15 is 0 Å². The summed E-state index contributed by atoms with van der Waals surface area (Å²) in [5, 5.41) is 0. The van der Waals surface area contributed by atoms with Crippen molar-refractivity contribution in [3.05, 3.63) is 24.4 Å². The van der Waals surface area contributed by atoms with Crippen molar-refractivity contribution in [2.45, 2.75) is 0 Å². The highest BCUT2D eigenvalue weighted by Crippen LogP contribution is 2.42. The molecule has 0 saturated carbocycles. The van der Waals surface area contributed by atoms with E-state index in [1.165, 1.54) is 11.5 Å². The van der Waals surface area contributed by atoms with Gasteiger partial charge in [-0.3, -0.25) is 0 Å². The van der Waals surface area contributed by atoms with E-state index in [1.54, 1.807) is 33.6 Å². The average Bonchev–Trinajstić information content (AvgIpc) is 2.90. The van der Waals surface area contributed by atoms with Crippen LogP contribution in [-0.4, -0.2) is 25.7 Å². The molecule has 1 aromatic carbocycles. The average molecular weight is 251 g/mol. The molecular formula is C12H13NO3S. The van der Waals surface area contributed by atoms with Crippen molar-refractivity contribution >= 4 is 11.5 Å². The van der Waals surface area contributed by atoms with Crippen LogP contribution < -0.4 is 14.2 Å². The van der Waals surface area contributed by atoms with E-state index in [4.69, 9.17) is 14.2 Å². The molecule has 0 N–H and O–H groups in total. The smallest absolute Gasteiger partial charge is 0.169 e. The number of rotatable bonds is 4. The van der Waals surface area contributed by atoms with E-state index in [2.05, 4.69) is 4.37 Å². The highest BCUT2D eigenvalue weighted by atomic mass is 32.1. The third-order valence-electron chi connectivity index (χ3n) is 2.39. The van der Waals surface area contributed by atoms with Crippen LogP contribution in [0.4, 0.5) is 0 Å². The van der Waals surface area contributed by atoms with Crippen molar-refractivity contribution in [3.63, 3.8) is 0 Å². The zero-order valence-corrected chi connectivity index (χ0v) is 10.7. The van der Waals surface area contributed by atoms with E-state index < -0.39 is 0 Å². The van der Waals surface area contributed by atoms with E-state index in [1.807, 2.05) is 12.1 Å². The van der Waals surface area contributed by atoms with Crippen molar-refractivity contribution in [3.8, 4) is 27.7 Å². The van der Waals surface area contributed by atoms with Gasteiger partial charge in [-0.1, -0.05) is 0 Å². The number of ether oxygens (including phenoxy) is 3. The molecule has 0 atom stereocenters. The maximum Gasteiger partial charge on any atom is 0.169 e. The summed E-state index contributed by atoms with van der Waals surface area (Å²) >= 11 is 1.40. The predicted octanol–water partition coefficient (Wildman–Crippen LogP) is 2.84. The highest BCUT2D eigenvalue weighted by molar-refractivity contribution is 7.09. The molecule has 17 heavy (non-hydrogen) atoms. The van der Waals surface area contributed by atoms with Crippen LogP contribution in [0.5, 0.6) is 17.2 Å². The molecular weight excluding hydrogens is 238 g/mol. The molecule has 90 valence electrons. The zero-order valence-electron chi connectivity index (χ0n) is 9.89. The molecule has 2 rings (SSSR count). The Hall–Kier alpha value is -1.75. The molecule has 0 saturated heterocycles. The van der Waals surface area contributed by atoms with Gasteiger partial charge in [-0.2, -0.15) is 0 Å². The minimum absolute atomic E-state index is 0.648. The van der Waals surface area contributed by atoms with Crippen molar-refractivity contribution in [1.29, 1.82) is 0 Å². The zero-order chi connectivity index (χ0) is 12.3. The number of methoxy groups -OCH3 is 3. The summed E-state index contributed by atoms with van der Waals surface area (Å²) in [6, 6.07) is 5.64. The molecule has 5 heteroatoms. The van der Waals surface area contributed by atoms with Gasteiger partial charge in [0.05, 0.1) is 26.2 Å². The van der Waals surface area contributed by atoms with Gasteiger partial charge >= 0.3 is 0 Å². The molecule has 0 aliphatic heterocycles. The minimum Gasteiger partial charge on any atom is -0.497 e. The van der Waals surface area contributed by atoms with Gasteiger partial charge in [-0.25, -0.2) is 4.37 Å². The second kappa shape index (κ2) is 5.05. The fourth-order valence-corrected chi connectivity index (χ4v) is 2.20. The molecule has 0 spiro atoms. The molecule has 0 radical (unpaired) electrons. The van der Waals surface area contributed by atoms with Gasteiger partial charge < -0.3 is 14.2 Å². The molecule has 0 unspecified atom stereocenters. The molecule has 1 heterocycles. The van der Waals surface area contributed by atoms with Crippen LogP contribution in [0.15, 0.2) is 24.4 Å². The van der Waals surface area contributed by atoms with E-state index in [0.29, 0.717) is 11.5 Å². The predicted molar refractivity (Wildman–Crippen MR) is 67.2 cm³/mol. The summed E-state index contributed by atoms with van der Waals surface area (Å²) in [5.74, 6) is 2.07. The molecule has 1 aromatic heterocycles. The fourth-order valence-electron chi connectivity index (χ4n) is 1.59. The SMILES string of the molecule is COc1cc(OC)c(OC)c(-c2ccns2)c1. The lowest BCUT2D eigenvalue weighted by molar-refractivity contribution is 0.350. The van der Waals surface area contributed by atoms with Crippen molar-refractivity contribution in [2.24, 2.45) is 0 Å². The fraction of sp³-hybridized carbons (Fsp3) is 0.250. The summed E-state index contributed by atoms with van der Waals surface area (Å²) in [6.07, 6.45) is 1.76. The van der Waals surface area contributed by atoms with Crippen LogP contribution in [0, 0.1) is 0 Å². The highest BCUT2D eigenvalue weighted by Gasteiger charge is 2.15. The van der Waals surface area contributed by atoms with Gasteiger partial charge in [0.15, 0.2) is 11.5 Å². The lowest BCUT2D eigenvalue weighted by Gasteiger charge is -2.13. The third-order valence-corrected chi connectivity index (χ3v) is 3.17. The maximum absolute atomic E-state index is 5.39. The lowest BCUT2D eigenvalue weighted by atomic mass is 10.1. The minimum atomic E-state index is 0.648. The number of hydrogen-bond donors (Lipinski definition) is 0. The van der Waals surface area contributed by atoms with Gasteiger partial charge in [-0.05, 0) is 23.7 Å². The Morgan fingerprint density at radius 2 is 1.88 bits per heavy atom. The number of aromatic nitrogens is 1. The Labute approximate surface area is 104 Å². The summed E-state index contributed by atoms with van der Waals surface area (Å²) in [4.78, 5) is 1.01. The number of hydrogen-bond acceptors (Lipinski definition) is 5. The molecule has 0 aliphatic carbocycles. The monoisotopic (exact) mass is 251 g/mol. The topological polar surface area (TPSA) is 40.6 Å². The van der Waals surface area contributed by atoms with Crippen molar-refractivity contribution in [2.75, 3.05) is 21.3 Å². The summed E-state index contributed by atoms with van der Waals surface area (Å²) < 4.78 is 20.0. The normalized spacial score (nSPS) is 10.1. The molecule has 2 aromatic rings. The second-order valence-corrected chi connectivity index (χ2v) is 4.12. The largest absolute Gasteiger partial charge is 0.497 e. The van der Waals surface area contributed by atoms with Crippen LogP contribution in [0.2, 0.25) is 0 Å². The Bertz CT molecular complexity index is 497. The molecule has 0 amide bonds. The quantitative estimate of drug-likeness (QED) is 0.837. The van der Waals surface area contributed by atoms with Gasteiger partial charge in [-0.15, -0.1) is 0 Å². The van der Waals surface area contributed by atoms with Crippen LogP contribution in [-0.2, 0) is 0 Å². The van der Waals surface area contributed by atoms with E-state index in [-0.39, 0.29) is 0 Å². The first-order valence-corrected chi connectivity index (χ1v) is 5.78. The lowest BCUT2D eigenvalue weighted by Crippen LogP contribution is -1.94. The van der Waals surface area contributed by atoms with Gasteiger partial charge in [0, 0.05) is 17.8 Å². The standard InChI is InChI=1S/C12H13NO3S/c1-14-8-6-9(11-4-5-13-17-11)12(16-3)10(7-8)15-2/h4-7H,1-3H3. The molecule has 4 nitrogen and oxygen atoms in total. The first kappa shape index (κ1) is 11.7. The Balaban J connectivity index is 2.62. The van der Waals surface area contributed by atoms with Gasteiger partial charge in [0.1, 0.15) is 5.75 Å². The van der Waals surface area contributed by atoms with Gasteiger partial charge in [0.25, 0.3) is 0 Å². The Kier molecular flexibility index (Phi) is 3.49. The van der Waals surface area contributed by atoms with Crippen LogP contribution in [0.1, 0.15) is 0 Å². The van der Waals surface area contributed by atoms with Gasteiger partial charge in [0.2, 0.25) is 0 Å². The number of benzene rings is 1. The summed E-state index contributed by atoms with van der Waals surface area (Å²) in [6.45, 7) is 0.